The first kappa shape index (κ1) is 15.5. The van der Waals surface area contributed by atoms with E-state index >= 15 is 0 Å². The number of hydrogen-bond donors (Lipinski definition) is 0. The van der Waals surface area contributed by atoms with Gasteiger partial charge in [0, 0.05) is 5.33 Å². The lowest BCUT2D eigenvalue weighted by molar-refractivity contribution is 0.580. The molecule has 0 radical (unpaired) electrons. The molecule has 0 aromatic heterocycles. The van der Waals surface area contributed by atoms with Crippen LogP contribution in [0.25, 0.3) is 0 Å². The second-order valence-electron chi connectivity index (χ2n) is 4.81. The Morgan fingerprint density at radius 1 is 1.00 bits per heavy atom. The lowest BCUT2D eigenvalue weighted by Gasteiger charge is -2.14. The molecule has 2 aromatic carbocycles. The summed E-state index contributed by atoms with van der Waals surface area (Å²) < 4.78 is 26.3. The molecule has 106 valence electrons. The highest BCUT2D eigenvalue weighted by atomic mass is 79.9. The SMILES string of the molecule is Fc1cccc(CC(CBr)Cc2ccc(F)c(Cl)c2)c1. The smallest absolute Gasteiger partial charge is 0.141 e. The van der Waals surface area contributed by atoms with E-state index in [9.17, 15) is 8.78 Å². The van der Waals surface area contributed by atoms with Crippen LogP contribution in [-0.2, 0) is 12.8 Å². The van der Waals surface area contributed by atoms with Crippen molar-refractivity contribution in [3.05, 3.63) is 70.2 Å². The van der Waals surface area contributed by atoms with E-state index in [1.807, 2.05) is 6.07 Å². The number of halogens is 4. The zero-order valence-corrected chi connectivity index (χ0v) is 13.1. The van der Waals surface area contributed by atoms with Crippen LogP contribution in [0.3, 0.4) is 0 Å². The molecule has 0 N–H and O–H groups in total. The summed E-state index contributed by atoms with van der Waals surface area (Å²) in [6.45, 7) is 0. The number of benzene rings is 2. The van der Waals surface area contributed by atoms with Gasteiger partial charge in [0.25, 0.3) is 0 Å². The lowest BCUT2D eigenvalue weighted by atomic mass is 9.94. The molecule has 20 heavy (non-hydrogen) atoms. The Bertz CT molecular complexity index is 586. The monoisotopic (exact) mass is 358 g/mol. The minimum atomic E-state index is -0.407. The normalized spacial score (nSPS) is 12.4. The van der Waals surface area contributed by atoms with Crippen molar-refractivity contribution in [2.24, 2.45) is 5.92 Å². The molecule has 4 heteroatoms. The van der Waals surface area contributed by atoms with Gasteiger partial charge in [-0.05, 0) is 54.2 Å². The molecular formula is C16H14BrClF2. The van der Waals surface area contributed by atoms with Gasteiger partial charge < -0.3 is 0 Å². The first-order chi connectivity index (χ1) is 9.58. The third-order valence-electron chi connectivity index (χ3n) is 3.14. The molecular weight excluding hydrogens is 346 g/mol. The van der Waals surface area contributed by atoms with Crippen LogP contribution in [0, 0.1) is 17.6 Å². The fourth-order valence-electron chi connectivity index (χ4n) is 2.18. The zero-order valence-electron chi connectivity index (χ0n) is 10.8. The first-order valence-electron chi connectivity index (χ1n) is 6.33. The fourth-order valence-corrected chi connectivity index (χ4v) is 2.84. The average molecular weight is 360 g/mol. The molecule has 0 aliphatic carbocycles. The van der Waals surface area contributed by atoms with E-state index in [1.54, 1.807) is 24.3 Å². The van der Waals surface area contributed by atoms with Crippen molar-refractivity contribution in [3.8, 4) is 0 Å². The average Bonchev–Trinajstić information content (AvgIpc) is 2.42. The predicted molar refractivity (Wildman–Crippen MR) is 82.5 cm³/mol. The van der Waals surface area contributed by atoms with E-state index in [0.29, 0.717) is 5.92 Å². The van der Waals surface area contributed by atoms with Gasteiger partial charge in [0.15, 0.2) is 0 Å². The van der Waals surface area contributed by atoms with Crippen molar-refractivity contribution < 1.29 is 8.78 Å². The van der Waals surface area contributed by atoms with E-state index in [0.717, 1.165) is 29.3 Å². The van der Waals surface area contributed by atoms with Gasteiger partial charge >= 0.3 is 0 Å². The topological polar surface area (TPSA) is 0 Å². The Hall–Kier alpha value is -0.930. The summed E-state index contributed by atoms with van der Waals surface area (Å²) in [6, 6.07) is 11.4. The third-order valence-corrected chi connectivity index (χ3v) is 4.35. The molecule has 0 amide bonds. The highest BCUT2D eigenvalue weighted by Gasteiger charge is 2.11. The molecule has 1 unspecified atom stereocenters. The summed E-state index contributed by atoms with van der Waals surface area (Å²) in [5, 5.41) is 0.931. The third kappa shape index (κ3) is 4.29. The Morgan fingerprint density at radius 2 is 1.70 bits per heavy atom. The molecule has 0 fully saturated rings. The zero-order chi connectivity index (χ0) is 14.5. The maximum Gasteiger partial charge on any atom is 0.141 e. The van der Waals surface area contributed by atoms with Gasteiger partial charge in [0.2, 0.25) is 0 Å². The van der Waals surface area contributed by atoms with Crippen LogP contribution in [-0.4, -0.2) is 5.33 Å². The van der Waals surface area contributed by atoms with E-state index in [1.165, 1.54) is 12.1 Å². The summed E-state index contributed by atoms with van der Waals surface area (Å²) in [5.41, 5.74) is 1.94. The maximum atomic E-state index is 13.2. The van der Waals surface area contributed by atoms with Gasteiger partial charge in [-0.2, -0.15) is 0 Å². The van der Waals surface area contributed by atoms with Gasteiger partial charge in [-0.15, -0.1) is 0 Å². The van der Waals surface area contributed by atoms with E-state index < -0.39 is 5.82 Å². The summed E-state index contributed by atoms with van der Waals surface area (Å²) in [6.07, 6.45) is 1.53. The minimum absolute atomic E-state index is 0.140. The summed E-state index contributed by atoms with van der Waals surface area (Å²) in [5.74, 6) is -0.324. The lowest BCUT2D eigenvalue weighted by Crippen LogP contribution is -2.10. The van der Waals surface area contributed by atoms with Crippen LogP contribution < -0.4 is 0 Å². The second-order valence-corrected chi connectivity index (χ2v) is 5.86. The van der Waals surface area contributed by atoms with Crippen LogP contribution in [0.2, 0.25) is 5.02 Å². The molecule has 0 aliphatic heterocycles. The van der Waals surface area contributed by atoms with Crippen molar-refractivity contribution in [2.45, 2.75) is 12.8 Å². The van der Waals surface area contributed by atoms with Crippen molar-refractivity contribution in [2.75, 3.05) is 5.33 Å². The Kier molecular flexibility index (Phi) is 5.55. The molecule has 0 saturated carbocycles. The van der Waals surface area contributed by atoms with Gasteiger partial charge in [-0.1, -0.05) is 45.7 Å². The number of alkyl halides is 1. The molecule has 2 aromatic rings. The highest BCUT2D eigenvalue weighted by molar-refractivity contribution is 9.09. The Labute approximate surface area is 130 Å². The van der Waals surface area contributed by atoms with Crippen molar-refractivity contribution >= 4 is 27.5 Å². The molecule has 2 rings (SSSR count). The Morgan fingerprint density at radius 3 is 2.30 bits per heavy atom. The number of rotatable bonds is 5. The van der Waals surface area contributed by atoms with Crippen LogP contribution >= 0.6 is 27.5 Å². The van der Waals surface area contributed by atoms with Gasteiger partial charge in [0.05, 0.1) is 5.02 Å². The largest absolute Gasteiger partial charge is 0.207 e. The predicted octanol–water partition coefficient (Wildman–Crippen LogP) is 5.41. The van der Waals surface area contributed by atoms with Gasteiger partial charge in [-0.25, -0.2) is 8.78 Å². The molecule has 0 saturated heterocycles. The first-order valence-corrected chi connectivity index (χ1v) is 7.82. The van der Waals surface area contributed by atoms with E-state index in [-0.39, 0.29) is 10.8 Å². The van der Waals surface area contributed by atoms with Crippen LogP contribution in [0.15, 0.2) is 42.5 Å². The van der Waals surface area contributed by atoms with Gasteiger partial charge in [-0.3, -0.25) is 0 Å². The molecule has 0 nitrogen and oxygen atoms in total. The highest BCUT2D eigenvalue weighted by Crippen LogP contribution is 2.21. The maximum absolute atomic E-state index is 13.2. The quantitative estimate of drug-likeness (QED) is 0.626. The molecule has 0 spiro atoms. The number of hydrogen-bond acceptors (Lipinski definition) is 0. The van der Waals surface area contributed by atoms with Crippen LogP contribution in [0.1, 0.15) is 11.1 Å². The minimum Gasteiger partial charge on any atom is -0.207 e. The van der Waals surface area contributed by atoms with Crippen molar-refractivity contribution in [1.82, 2.24) is 0 Å². The molecule has 0 aliphatic rings. The standard InChI is InChI=1S/C16H14BrClF2/c17-10-13(6-11-2-1-3-14(19)8-11)7-12-4-5-16(20)15(18)9-12/h1-5,8-9,13H,6-7,10H2. The van der Waals surface area contributed by atoms with Crippen LogP contribution in [0.5, 0.6) is 0 Å². The fraction of sp³-hybridized carbons (Fsp3) is 0.250. The van der Waals surface area contributed by atoms with Crippen LogP contribution in [0.4, 0.5) is 8.78 Å². The molecule has 0 heterocycles. The summed E-state index contributed by atoms with van der Waals surface area (Å²) >= 11 is 9.27. The van der Waals surface area contributed by atoms with Crippen molar-refractivity contribution in [3.63, 3.8) is 0 Å². The van der Waals surface area contributed by atoms with Gasteiger partial charge in [0.1, 0.15) is 11.6 Å². The summed E-state index contributed by atoms with van der Waals surface area (Å²) in [4.78, 5) is 0. The second kappa shape index (κ2) is 7.19. The molecule has 0 bridgehead atoms. The van der Waals surface area contributed by atoms with Crippen molar-refractivity contribution in [1.29, 1.82) is 0 Å². The van der Waals surface area contributed by atoms with E-state index in [2.05, 4.69) is 15.9 Å². The molecule has 1 atom stereocenters. The van der Waals surface area contributed by atoms with E-state index in [4.69, 9.17) is 11.6 Å². The summed E-state index contributed by atoms with van der Waals surface area (Å²) in [7, 11) is 0. The Balaban J connectivity index is 2.07.